The number of aromatic amines is 1. The summed E-state index contributed by atoms with van der Waals surface area (Å²) in [5.74, 6) is 1.09. The number of fused-ring (bicyclic) bond motifs is 4. The lowest BCUT2D eigenvalue weighted by Gasteiger charge is -2.34. The normalized spacial score (nSPS) is 14.8. The molecule has 1 aliphatic rings. The molecule has 2 aromatic carbocycles. The van der Waals surface area contributed by atoms with E-state index < -0.39 is 5.91 Å². The lowest BCUT2D eigenvalue weighted by molar-refractivity contribution is 0.0996. The summed E-state index contributed by atoms with van der Waals surface area (Å²) < 4.78 is 18.8. The number of imidazole rings is 1. The molecule has 10 nitrogen and oxygen atoms in total. The summed E-state index contributed by atoms with van der Waals surface area (Å²) in [4.78, 5) is 25.4. The highest BCUT2D eigenvalue weighted by atomic mass is 16.5. The molecule has 0 saturated carbocycles. The number of nitrogens with zero attached hydrogens (tertiary/aromatic N) is 3. The zero-order valence-electron chi connectivity index (χ0n) is 23.0. The zero-order chi connectivity index (χ0) is 28.7. The van der Waals surface area contributed by atoms with Crippen molar-refractivity contribution in [3.05, 3.63) is 77.7 Å². The van der Waals surface area contributed by atoms with Crippen LogP contribution in [0.4, 0.5) is 0 Å². The number of rotatable bonds is 9. The number of aliphatic hydroxyl groups is 1. The number of pyridine rings is 1. The van der Waals surface area contributed by atoms with Crippen LogP contribution in [-0.4, -0.2) is 58.5 Å². The molecule has 2 atom stereocenters. The van der Waals surface area contributed by atoms with Gasteiger partial charge in [-0.05, 0) is 54.3 Å². The fourth-order valence-corrected chi connectivity index (χ4v) is 6.01. The van der Waals surface area contributed by atoms with E-state index in [0.717, 1.165) is 27.6 Å². The van der Waals surface area contributed by atoms with Crippen LogP contribution in [0, 0.1) is 5.92 Å². The molecule has 210 valence electrons. The Bertz CT molecular complexity index is 1760. The summed E-state index contributed by atoms with van der Waals surface area (Å²) in [5.41, 5.74) is 11.0. The van der Waals surface area contributed by atoms with E-state index in [4.69, 9.17) is 24.9 Å². The number of aromatic nitrogens is 4. The zero-order valence-corrected chi connectivity index (χ0v) is 23.0. The van der Waals surface area contributed by atoms with Gasteiger partial charge >= 0.3 is 0 Å². The number of benzene rings is 2. The Balaban J connectivity index is 1.60. The van der Waals surface area contributed by atoms with Crippen LogP contribution in [0.2, 0.25) is 0 Å². The highest BCUT2D eigenvalue weighted by molar-refractivity contribution is 5.99. The van der Waals surface area contributed by atoms with Crippen molar-refractivity contribution in [2.75, 3.05) is 27.9 Å². The van der Waals surface area contributed by atoms with Gasteiger partial charge in [-0.3, -0.25) is 4.79 Å². The second-order valence-electron chi connectivity index (χ2n) is 10.1. The van der Waals surface area contributed by atoms with E-state index in [1.165, 1.54) is 7.11 Å². The van der Waals surface area contributed by atoms with Crippen molar-refractivity contribution in [3.63, 3.8) is 0 Å². The number of primary amides is 1. The van der Waals surface area contributed by atoms with Crippen molar-refractivity contribution in [3.8, 4) is 40.0 Å². The first kappa shape index (κ1) is 26.4. The maximum absolute atomic E-state index is 12.9. The van der Waals surface area contributed by atoms with Crippen LogP contribution in [0.3, 0.4) is 0 Å². The molecule has 1 amide bonds. The van der Waals surface area contributed by atoms with Crippen LogP contribution in [0.15, 0.2) is 60.9 Å². The summed E-state index contributed by atoms with van der Waals surface area (Å²) >= 11 is 0. The lowest BCUT2D eigenvalue weighted by Crippen LogP contribution is -2.30. The van der Waals surface area contributed by atoms with Crippen LogP contribution < -0.4 is 19.9 Å². The van der Waals surface area contributed by atoms with Gasteiger partial charge in [-0.2, -0.15) is 0 Å². The van der Waals surface area contributed by atoms with Gasteiger partial charge in [-0.15, -0.1) is 0 Å². The summed E-state index contributed by atoms with van der Waals surface area (Å²) in [7, 11) is 4.70. The number of ether oxygens (including phenoxy) is 3. The molecule has 4 N–H and O–H groups in total. The average molecular weight is 554 g/mol. The number of nitrogens with one attached hydrogen (secondary N) is 1. The third-order valence-electron chi connectivity index (χ3n) is 7.91. The van der Waals surface area contributed by atoms with Gasteiger partial charge < -0.3 is 34.6 Å². The molecule has 0 aliphatic carbocycles. The predicted molar refractivity (Wildman–Crippen MR) is 154 cm³/mol. The monoisotopic (exact) mass is 553 g/mol. The van der Waals surface area contributed by atoms with E-state index in [-0.39, 0.29) is 24.3 Å². The van der Waals surface area contributed by atoms with Crippen molar-refractivity contribution in [2.24, 2.45) is 11.7 Å². The molecule has 6 rings (SSSR count). The van der Waals surface area contributed by atoms with Crippen molar-refractivity contribution in [2.45, 2.75) is 18.9 Å². The van der Waals surface area contributed by atoms with E-state index in [0.29, 0.717) is 47.3 Å². The van der Waals surface area contributed by atoms with Crippen LogP contribution in [0.1, 0.15) is 27.7 Å². The molecule has 0 fully saturated rings. The first-order chi connectivity index (χ1) is 20.0. The fraction of sp³-hybridized carbons (Fsp3) is 0.258. The van der Waals surface area contributed by atoms with Gasteiger partial charge in [-0.25, -0.2) is 9.97 Å². The molecule has 1 aliphatic heterocycles. The highest BCUT2D eigenvalue weighted by Gasteiger charge is 2.38. The molecule has 0 radical (unpaired) electrons. The number of para-hydroxylation sites is 1. The van der Waals surface area contributed by atoms with Gasteiger partial charge in [-0.1, -0.05) is 18.2 Å². The van der Waals surface area contributed by atoms with Gasteiger partial charge in [0.1, 0.15) is 5.82 Å². The maximum Gasteiger partial charge on any atom is 0.269 e. The van der Waals surface area contributed by atoms with Gasteiger partial charge in [0.2, 0.25) is 5.88 Å². The molecule has 41 heavy (non-hydrogen) atoms. The molecule has 0 saturated heterocycles. The molecule has 0 spiro atoms. The Hall–Kier alpha value is -4.83. The minimum absolute atomic E-state index is 0.0973. The van der Waals surface area contributed by atoms with Crippen LogP contribution >= 0.6 is 0 Å². The summed E-state index contributed by atoms with van der Waals surface area (Å²) in [6, 6.07) is 15.2. The SMILES string of the molecule is COc1cc2c(cc1OC)-c1nc(C(N)=O)c(-c3cccnc3OC)n1C([C@H](CO)Cc1c[nH]c3ccccc13)C2. The van der Waals surface area contributed by atoms with Gasteiger partial charge in [0.05, 0.1) is 32.6 Å². The van der Waals surface area contributed by atoms with Crippen molar-refractivity contribution >= 4 is 16.8 Å². The third kappa shape index (κ3) is 4.36. The Morgan fingerprint density at radius 3 is 2.61 bits per heavy atom. The topological polar surface area (TPSA) is 138 Å². The molecular weight excluding hydrogens is 522 g/mol. The second-order valence-corrected chi connectivity index (χ2v) is 10.1. The molecular formula is C31H31N5O5. The summed E-state index contributed by atoms with van der Waals surface area (Å²) in [6.07, 6.45) is 4.74. The second kappa shape index (κ2) is 10.6. The third-order valence-corrected chi connectivity index (χ3v) is 7.91. The molecule has 5 aromatic rings. The van der Waals surface area contributed by atoms with Crippen LogP contribution in [0.25, 0.3) is 33.5 Å². The minimum Gasteiger partial charge on any atom is -0.493 e. The van der Waals surface area contributed by atoms with Gasteiger partial charge in [0.15, 0.2) is 17.2 Å². The number of carbonyl (C=O) groups excluding carboxylic acids is 1. The van der Waals surface area contributed by atoms with E-state index in [1.54, 1.807) is 26.5 Å². The fourth-order valence-electron chi connectivity index (χ4n) is 6.01. The molecule has 0 bridgehead atoms. The predicted octanol–water partition coefficient (Wildman–Crippen LogP) is 4.17. The number of carbonyl (C=O) groups is 1. The first-order valence-corrected chi connectivity index (χ1v) is 13.3. The van der Waals surface area contributed by atoms with E-state index >= 15 is 0 Å². The number of H-pyrrole nitrogens is 1. The van der Waals surface area contributed by atoms with E-state index in [1.807, 2.05) is 47.2 Å². The number of methoxy groups -OCH3 is 3. The Labute approximate surface area is 236 Å². The number of amides is 1. The summed E-state index contributed by atoms with van der Waals surface area (Å²) in [5, 5.41) is 12.0. The first-order valence-electron chi connectivity index (χ1n) is 13.3. The van der Waals surface area contributed by atoms with E-state index in [9.17, 15) is 9.90 Å². The van der Waals surface area contributed by atoms with E-state index in [2.05, 4.69) is 16.0 Å². The molecule has 4 heterocycles. The van der Waals surface area contributed by atoms with Crippen LogP contribution in [0.5, 0.6) is 17.4 Å². The smallest absolute Gasteiger partial charge is 0.269 e. The van der Waals surface area contributed by atoms with Gasteiger partial charge in [0.25, 0.3) is 5.91 Å². The Morgan fingerprint density at radius 2 is 1.88 bits per heavy atom. The van der Waals surface area contributed by atoms with Crippen molar-refractivity contribution in [1.82, 2.24) is 19.5 Å². The quantitative estimate of drug-likeness (QED) is 0.249. The lowest BCUT2D eigenvalue weighted by atomic mass is 9.84. The number of hydrogen-bond acceptors (Lipinski definition) is 7. The number of aliphatic hydroxyl groups excluding tert-OH is 1. The average Bonchev–Trinajstić information content (AvgIpc) is 3.61. The Morgan fingerprint density at radius 1 is 1.10 bits per heavy atom. The molecule has 10 heteroatoms. The van der Waals surface area contributed by atoms with Crippen molar-refractivity contribution in [1.29, 1.82) is 0 Å². The maximum atomic E-state index is 12.9. The standard InChI is InChI=1S/C31H31N5O5/c1-39-25-13-17-12-24(19(16-37)11-18-15-34-23-9-5-4-7-20(18)23)36-28(21-8-6-10-33-31(21)41-3)27(29(32)38)35-30(36)22(17)14-26(25)40-2/h4-10,13-15,19,24,34,37H,11-12,16H2,1-3H3,(H2,32,38)/t19-,24?/m0/s1. The number of hydrogen-bond donors (Lipinski definition) is 3. The van der Waals surface area contributed by atoms with Crippen molar-refractivity contribution < 1.29 is 24.1 Å². The minimum atomic E-state index is -0.675. The Kier molecular flexibility index (Phi) is 6.84. The molecule has 3 aromatic heterocycles. The highest BCUT2D eigenvalue weighted by Crippen LogP contribution is 2.47. The van der Waals surface area contributed by atoms with Gasteiger partial charge in [0, 0.05) is 47.4 Å². The number of nitrogens with two attached hydrogens (primary N) is 1. The van der Waals surface area contributed by atoms with Crippen LogP contribution in [-0.2, 0) is 12.8 Å². The largest absolute Gasteiger partial charge is 0.493 e. The summed E-state index contributed by atoms with van der Waals surface area (Å²) in [6.45, 7) is -0.0973. The molecule has 1 unspecified atom stereocenters.